The number of pyridine rings is 1. The normalized spacial score (nSPS) is 14.5. The van der Waals surface area contributed by atoms with Gasteiger partial charge >= 0.3 is 0 Å². The Morgan fingerprint density at radius 3 is 2.58 bits per heavy atom. The second-order valence-electron chi connectivity index (χ2n) is 8.18. The molecule has 0 aliphatic carbocycles. The molecule has 0 radical (unpaired) electrons. The highest BCUT2D eigenvalue weighted by Gasteiger charge is 2.23. The van der Waals surface area contributed by atoms with Gasteiger partial charge in [-0.05, 0) is 50.2 Å². The zero-order chi connectivity index (χ0) is 22.9. The summed E-state index contributed by atoms with van der Waals surface area (Å²) in [5, 5.41) is 6.16. The first kappa shape index (κ1) is 21.3. The lowest BCUT2D eigenvalue weighted by molar-refractivity contribution is 0.442. The van der Waals surface area contributed by atoms with Crippen LogP contribution in [0.4, 0.5) is 20.3 Å². The van der Waals surface area contributed by atoms with Gasteiger partial charge in [0.05, 0.1) is 16.7 Å². The van der Waals surface area contributed by atoms with Crippen LogP contribution in [-0.4, -0.2) is 52.7 Å². The van der Waals surface area contributed by atoms with Crippen LogP contribution in [0.25, 0.3) is 27.8 Å². The molecule has 2 N–H and O–H groups in total. The number of piperidine rings is 1. The van der Waals surface area contributed by atoms with Crippen LogP contribution in [0.5, 0.6) is 0 Å². The fraction of sp³-hybridized carbons (Fsp3) is 0.292. The third-order valence-corrected chi connectivity index (χ3v) is 6.30. The van der Waals surface area contributed by atoms with Crippen LogP contribution in [-0.2, 0) is 0 Å². The number of nitrogens with zero attached hydrogens (tertiary/aromatic N) is 5. The van der Waals surface area contributed by atoms with Gasteiger partial charge in [-0.1, -0.05) is 0 Å². The predicted octanol–water partition coefficient (Wildman–Crippen LogP) is 3.99. The number of hydrogen-bond donors (Lipinski definition) is 2. The second kappa shape index (κ2) is 8.74. The lowest BCUT2D eigenvalue weighted by Gasteiger charge is -2.32. The smallest absolute Gasteiger partial charge is 0.173 e. The molecule has 7 nitrogen and oxygen atoms in total. The molecular formula is C24H25F2N7. The molecule has 5 rings (SSSR count). The third kappa shape index (κ3) is 3.78. The lowest BCUT2D eigenvalue weighted by atomic mass is 10.1. The Balaban J connectivity index is 1.71. The summed E-state index contributed by atoms with van der Waals surface area (Å²) >= 11 is 0. The molecule has 0 unspecified atom stereocenters. The van der Waals surface area contributed by atoms with Crippen molar-refractivity contribution >= 4 is 22.5 Å². The van der Waals surface area contributed by atoms with Gasteiger partial charge in [0.25, 0.3) is 0 Å². The van der Waals surface area contributed by atoms with Crippen molar-refractivity contribution in [2.45, 2.75) is 18.9 Å². The molecule has 1 aliphatic rings. The van der Waals surface area contributed by atoms with Crippen LogP contribution >= 0.6 is 0 Å². The molecule has 0 spiro atoms. The maximum Gasteiger partial charge on any atom is 0.173 e. The molecule has 33 heavy (non-hydrogen) atoms. The fourth-order valence-corrected chi connectivity index (χ4v) is 4.46. The van der Waals surface area contributed by atoms with E-state index in [0.717, 1.165) is 37.3 Å². The maximum atomic E-state index is 15.2. The van der Waals surface area contributed by atoms with Gasteiger partial charge in [-0.2, -0.15) is 0 Å². The topological polar surface area (TPSA) is 70.9 Å². The number of halogens is 2. The van der Waals surface area contributed by atoms with E-state index in [4.69, 9.17) is 4.98 Å². The standard InChI is InChI=1S/C24H25F2N7/c1-27-19-4-3-18(25)24(22(19)26)33-13-17(15-11-29-14-30-12-15)23-20(33)5-6-21(31-23)32(2)16-7-9-28-10-8-16/h3-6,11-14,16,27-28H,7-10H2,1-2H3. The highest BCUT2D eigenvalue weighted by molar-refractivity contribution is 5.95. The van der Waals surface area contributed by atoms with E-state index in [2.05, 4.69) is 25.5 Å². The van der Waals surface area contributed by atoms with E-state index < -0.39 is 11.6 Å². The van der Waals surface area contributed by atoms with Gasteiger partial charge < -0.3 is 20.1 Å². The van der Waals surface area contributed by atoms with Crippen molar-refractivity contribution in [3.8, 4) is 16.8 Å². The fourth-order valence-electron chi connectivity index (χ4n) is 4.46. The van der Waals surface area contributed by atoms with Crippen molar-refractivity contribution in [1.29, 1.82) is 0 Å². The number of rotatable bonds is 5. The molecule has 170 valence electrons. The Morgan fingerprint density at radius 2 is 1.85 bits per heavy atom. The van der Waals surface area contributed by atoms with Gasteiger partial charge in [-0.25, -0.2) is 23.7 Å². The molecule has 4 heterocycles. The molecule has 0 bridgehead atoms. The van der Waals surface area contributed by atoms with Crippen molar-refractivity contribution in [2.24, 2.45) is 0 Å². The van der Waals surface area contributed by atoms with Gasteiger partial charge in [-0.15, -0.1) is 0 Å². The largest absolute Gasteiger partial charge is 0.386 e. The lowest BCUT2D eigenvalue weighted by Crippen LogP contribution is -2.41. The number of hydrogen-bond acceptors (Lipinski definition) is 6. The number of aromatic nitrogens is 4. The average Bonchev–Trinajstić information content (AvgIpc) is 3.23. The number of anilines is 2. The van der Waals surface area contributed by atoms with Crippen LogP contribution in [0.2, 0.25) is 0 Å². The Labute approximate surface area is 190 Å². The minimum Gasteiger partial charge on any atom is -0.386 e. The molecule has 1 aliphatic heterocycles. The monoisotopic (exact) mass is 449 g/mol. The number of benzene rings is 1. The Hall–Kier alpha value is -3.59. The van der Waals surface area contributed by atoms with Crippen molar-refractivity contribution < 1.29 is 8.78 Å². The van der Waals surface area contributed by atoms with Crippen LogP contribution in [0.1, 0.15) is 12.8 Å². The summed E-state index contributed by atoms with van der Waals surface area (Å²) < 4.78 is 31.6. The molecule has 4 aromatic rings. The van der Waals surface area contributed by atoms with Gasteiger partial charge in [-0.3, -0.25) is 0 Å². The van der Waals surface area contributed by atoms with Gasteiger partial charge in [0.2, 0.25) is 0 Å². The highest BCUT2D eigenvalue weighted by atomic mass is 19.1. The SMILES string of the molecule is CNc1ccc(F)c(-n2cc(-c3cncnc3)c3nc(N(C)C4CCNCC4)ccc32)c1F. The summed E-state index contributed by atoms with van der Waals surface area (Å²) in [7, 11) is 3.65. The third-order valence-electron chi connectivity index (χ3n) is 6.30. The van der Waals surface area contributed by atoms with Gasteiger partial charge in [0.1, 0.15) is 23.6 Å². The summed E-state index contributed by atoms with van der Waals surface area (Å²) in [5.41, 5.74) is 2.73. The van der Waals surface area contributed by atoms with Crippen molar-refractivity contribution in [2.75, 3.05) is 37.4 Å². The quantitative estimate of drug-likeness (QED) is 0.480. The van der Waals surface area contributed by atoms with E-state index in [1.54, 1.807) is 25.6 Å². The summed E-state index contributed by atoms with van der Waals surface area (Å²) in [4.78, 5) is 15.4. The minimum atomic E-state index is -0.666. The summed E-state index contributed by atoms with van der Waals surface area (Å²) in [6.45, 7) is 1.95. The summed E-state index contributed by atoms with van der Waals surface area (Å²) in [5.74, 6) is -0.508. The second-order valence-corrected chi connectivity index (χ2v) is 8.18. The van der Waals surface area contributed by atoms with Crippen LogP contribution in [0, 0.1) is 11.6 Å². The van der Waals surface area contributed by atoms with Crippen molar-refractivity contribution in [1.82, 2.24) is 24.8 Å². The Kier molecular flexibility index (Phi) is 5.63. The van der Waals surface area contributed by atoms with Gasteiger partial charge in [0.15, 0.2) is 5.82 Å². The van der Waals surface area contributed by atoms with Crippen LogP contribution in [0.15, 0.2) is 49.2 Å². The summed E-state index contributed by atoms with van der Waals surface area (Å²) in [6.07, 6.45) is 8.56. The molecule has 3 aromatic heterocycles. The first-order valence-corrected chi connectivity index (χ1v) is 11.0. The Morgan fingerprint density at radius 1 is 1.09 bits per heavy atom. The first-order valence-electron chi connectivity index (χ1n) is 11.0. The molecule has 0 saturated carbocycles. The van der Waals surface area contributed by atoms with Crippen molar-refractivity contribution in [3.63, 3.8) is 0 Å². The van der Waals surface area contributed by atoms with E-state index in [9.17, 15) is 4.39 Å². The van der Waals surface area contributed by atoms with E-state index >= 15 is 4.39 Å². The molecule has 9 heteroatoms. The summed E-state index contributed by atoms with van der Waals surface area (Å²) in [6, 6.07) is 6.80. The molecule has 1 fully saturated rings. The molecule has 0 atom stereocenters. The highest BCUT2D eigenvalue weighted by Crippen LogP contribution is 2.35. The van der Waals surface area contributed by atoms with E-state index in [1.165, 1.54) is 23.0 Å². The maximum absolute atomic E-state index is 15.2. The zero-order valence-corrected chi connectivity index (χ0v) is 18.5. The van der Waals surface area contributed by atoms with E-state index in [0.29, 0.717) is 22.6 Å². The van der Waals surface area contributed by atoms with Gasteiger partial charge in [0, 0.05) is 49.9 Å². The average molecular weight is 450 g/mol. The molecule has 1 saturated heterocycles. The molecule has 0 amide bonds. The Bertz CT molecular complexity index is 1280. The van der Waals surface area contributed by atoms with E-state index in [-0.39, 0.29) is 11.4 Å². The first-order chi connectivity index (χ1) is 16.1. The van der Waals surface area contributed by atoms with Crippen molar-refractivity contribution in [3.05, 3.63) is 60.8 Å². The van der Waals surface area contributed by atoms with Crippen LogP contribution in [0.3, 0.4) is 0 Å². The molecular weight excluding hydrogens is 424 g/mol. The van der Waals surface area contributed by atoms with Crippen LogP contribution < -0.4 is 15.5 Å². The minimum absolute atomic E-state index is 0.156. The predicted molar refractivity (Wildman–Crippen MR) is 126 cm³/mol. The number of fused-ring (bicyclic) bond motifs is 1. The molecule has 1 aromatic carbocycles. The number of nitrogens with one attached hydrogen (secondary N) is 2. The van der Waals surface area contributed by atoms with E-state index in [1.807, 2.05) is 19.2 Å². The zero-order valence-electron chi connectivity index (χ0n) is 18.5.